The first kappa shape index (κ1) is 13.7. The van der Waals surface area contributed by atoms with E-state index < -0.39 is 0 Å². The summed E-state index contributed by atoms with van der Waals surface area (Å²) in [4.78, 5) is 19.0. The molecule has 3 heterocycles. The van der Waals surface area contributed by atoms with Crippen LogP contribution >= 0.6 is 15.9 Å². The summed E-state index contributed by atoms with van der Waals surface area (Å²) in [5, 5.41) is 3.35. The zero-order chi connectivity index (χ0) is 14.1. The lowest BCUT2D eigenvalue weighted by atomic mass is 10.2. The lowest BCUT2D eigenvalue weighted by Gasteiger charge is -2.22. The van der Waals surface area contributed by atoms with Gasteiger partial charge in [0.15, 0.2) is 0 Å². The van der Waals surface area contributed by atoms with Crippen molar-refractivity contribution in [2.45, 2.75) is 19.0 Å². The Morgan fingerprint density at radius 1 is 1.55 bits per heavy atom. The van der Waals surface area contributed by atoms with E-state index in [1.54, 1.807) is 16.7 Å². The smallest absolute Gasteiger partial charge is 0.258 e. The van der Waals surface area contributed by atoms with E-state index in [0.717, 1.165) is 29.7 Å². The number of likely N-dealkylation sites (N-methyl/N-ethyl adjacent to an activating group) is 1. The molecule has 1 aliphatic rings. The number of nitrogens with zero attached hydrogens (tertiary/aromatic N) is 3. The first-order valence-electron chi connectivity index (χ1n) is 6.72. The van der Waals surface area contributed by atoms with E-state index in [1.807, 2.05) is 12.1 Å². The van der Waals surface area contributed by atoms with E-state index >= 15 is 0 Å². The van der Waals surface area contributed by atoms with Crippen LogP contribution < -0.4 is 10.9 Å². The van der Waals surface area contributed by atoms with Gasteiger partial charge in [-0.15, -0.1) is 0 Å². The molecular formula is C14H17BrN4O. The van der Waals surface area contributed by atoms with Gasteiger partial charge in [-0.1, -0.05) is 0 Å². The molecule has 0 spiro atoms. The van der Waals surface area contributed by atoms with Gasteiger partial charge in [0.2, 0.25) is 0 Å². The van der Waals surface area contributed by atoms with Gasteiger partial charge in [-0.05, 0) is 48.1 Å². The Morgan fingerprint density at radius 2 is 2.40 bits per heavy atom. The average molecular weight is 337 g/mol. The van der Waals surface area contributed by atoms with E-state index in [-0.39, 0.29) is 5.56 Å². The second-order valence-corrected chi connectivity index (χ2v) is 6.14. The van der Waals surface area contributed by atoms with Gasteiger partial charge < -0.3 is 5.32 Å². The molecule has 0 aromatic carbocycles. The Labute approximate surface area is 125 Å². The number of rotatable bonds is 3. The van der Waals surface area contributed by atoms with Crippen molar-refractivity contribution in [2.75, 3.05) is 20.1 Å². The maximum atomic E-state index is 12.1. The molecule has 1 N–H and O–H groups in total. The van der Waals surface area contributed by atoms with Crippen molar-refractivity contribution in [3.8, 4) is 0 Å². The topological polar surface area (TPSA) is 49.6 Å². The second kappa shape index (κ2) is 5.63. The van der Waals surface area contributed by atoms with Crippen molar-refractivity contribution < 1.29 is 0 Å². The highest BCUT2D eigenvalue weighted by molar-refractivity contribution is 9.10. The molecule has 6 heteroatoms. The average Bonchev–Trinajstić information content (AvgIpc) is 2.94. The van der Waals surface area contributed by atoms with E-state index in [0.29, 0.717) is 18.2 Å². The summed E-state index contributed by atoms with van der Waals surface area (Å²) in [6, 6.07) is 5.90. The van der Waals surface area contributed by atoms with Gasteiger partial charge in [-0.3, -0.25) is 14.1 Å². The summed E-state index contributed by atoms with van der Waals surface area (Å²) >= 11 is 3.37. The normalized spacial score (nSPS) is 19.1. The van der Waals surface area contributed by atoms with Crippen LogP contribution in [0.5, 0.6) is 0 Å². The minimum atomic E-state index is -0.0377. The molecular weight excluding hydrogens is 320 g/mol. The molecule has 1 saturated heterocycles. The van der Waals surface area contributed by atoms with Crippen molar-refractivity contribution in [3.05, 3.63) is 44.9 Å². The van der Waals surface area contributed by atoms with Crippen molar-refractivity contribution in [1.29, 1.82) is 0 Å². The van der Waals surface area contributed by atoms with Gasteiger partial charge in [0.25, 0.3) is 5.56 Å². The Bertz CT molecular complexity index is 678. The summed E-state index contributed by atoms with van der Waals surface area (Å²) in [5.74, 6) is 0. The van der Waals surface area contributed by atoms with Gasteiger partial charge in [-0.25, -0.2) is 4.98 Å². The first-order chi connectivity index (χ1) is 9.63. The number of pyridine rings is 1. The van der Waals surface area contributed by atoms with Crippen LogP contribution in [0.15, 0.2) is 33.7 Å². The molecule has 5 nitrogen and oxygen atoms in total. The molecule has 1 fully saturated rings. The number of hydrogen-bond donors (Lipinski definition) is 1. The van der Waals surface area contributed by atoms with Gasteiger partial charge in [0.1, 0.15) is 5.65 Å². The van der Waals surface area contributed by atoms with Crippen LogP contribution in [0.2, 0.25) is 0 Å². The SMILES string of the molecule is CN(Cc1cc(=O)n2cc(Br)ccc2n1)C1CCNC1. The van der Waals surface area contributed by atoms with E-state index in [1.165, 1.54) is 0 Å². The minimum absolute atomic E-state index is 0.0377. The third kappa shape index (κ3) is 2.77. The monoisotopic (exact) mass is 336 g/mol. The number of fused-ring (bicyclic) bond motifs is 1. The first-order valence-corrected chi connectivity index (χ1v) is 7.51. The number of hydrogen-bond acceptors (Lipinski definition) is 4. The minimum Gasteiger partial charge on any atom is -0.315 e. The molecule has 0 amide bonds. The van der Waals surface area contributed by atoms with Crippen molar-refractivity contribution in [3.63, 3.8) is 0 Å². The van der Waals surface area contributed by atoms with E-state index in [4.69, 9.17) is 0 Å². The highest BCUT2D eigenvalue weighted by atomic mass is 79.9. The number of halogens is 1. The summed E-state index contributed by atoms with van der Waals surface area (Å²) < 4.78 is 2.43. The number of nitrogens with one attached hydrogen (secondary N) is 1. The van der Waals surface area contributed by atoms with Gasteiger partial charge in [-0.2, -0.15) is 0 Å². The zero-order valence-corrected chi connectivity index (χ0v) is 12.9. The van der Waals surface area contributed by atoms with E-state index in [2.05, 4.69) is 38.2 Å². The molecule has 2 aromatic heterocycles. The second-order valence-electron chi connectivity index (χ2n) is 5.22. The van der Waals surface area contributed by atoms with Crippen LogP contribution in [-0.4, -0.2) is 40.5 Å². The van der Waals surface area contributed by atoms with Crippen LogP contribution in [0, 0.1) is 0 Å². The van der Waals surface area contributed by atoms with Crippen LogP contribution in [-0.2, 0) is 6.54 Å². The summed E-state index contributed by atoms with van der Waals surface area (Å²) in [5.41, 5.74) is 1.48. The van der Waals surface area contributed by atoms with Crippen molar-refractivity contribution >= 4 is 21.6 Å². The van der Waals surface area contributed by atoms with Gasteiger partial charge in [0.05, 0.1) is 5.69 Å². The molecule has 3 rings (SSSR count). The third-order valence-electron chi connectivity index (χ3n) is 3.75. The van der Waals surface area contributed by atoms with Crippen molar-refractivity contribution in [2.24, 2.45) is 0 Å². The molecule has 0 bridgehead atoms. The maximum absolute atomic E-state index is 12.1. The summed E-state index contributed by atoms with van der Waals surface area (Å²) in [7, 11) is 2.09. The highest BCUT2D eigenvalue weighted by Crippen LogP contribution is 2.12. The molecule has 20 heavy (non-hydrogen) atoms. The molecule has 2 aromatic rings. The third-order valence-corrected chi connectivity index (χ3v) is 4.21. The van der Waals surface area contributed by atoms with Gasteiger partial charge >= 0.3 is 0 Å². The Kier molecular flexibility index (Phi) is 3.87. The Morgan fingerprint density at radius 3 is 3.15 bits per heavy atom. The predicted octanol–water partition coefficient (Wildman–Crippen LogP) is 1.25. The molecule has 0 aliphatic carbocycles. The molecule has 0 saturated carbocycles. The zero-order valence-electron chi connectivity index (χ0n) is 11.3. The van der Waals surface area contributed by atoms with E-state index in [9.17, 15) is 4.79 Å². The largest absolute Gasteiger partial charge is 0.315 e. The number of aromatic nitrogens is 2. The Hall–Kier alpha value is -1.24. The lowest BCUT2D eigenvalue weighted by Crippen LogP contribution is -2.33. The van der Waals surface area contributed by atoms with Crippen LogP contribution in [0.3, 0.4) is 0 Å². The molecule has 0 radical (unpaired) electrons. The molecule has 1 atom stereocenters. The highest BCUT2D eigenvalue weighted by Gasteiger charge is 2.19. The molecule has 106 valence electrons. The maximum Gasteiger partial charge on any atom is 0.258 e. The van der Waals surface area contributed by atoms with Crippen LogP contribution in [0.1, 0.15) is 12.1 Å². The quantitative estimate of drug-likeness (QED) is 0.916. The van der Waals surface area contributed by atoms with Gasteiger partial charge in [0, 0.05) is 35.9 Å². The Balaban J connectivity index is 1.88. The lowest BCUT2D eigenvalue weighted by molar-refractivity contribution is 0.246. The molecule has 1 unspecified atom stereocenters. The standard InChI is InChI=1S/C14H17BrN4O/c1-18(12-4-5-16-7-12)9-11-6-14(20)19-8-10(15)2-3-13(19)17-11/h2-3,6,8,12,16H,4-5,7,9H2,1H3. The molecule has 1 aliphatic heterocycles. The fraction of sp³-hybridized carbons (Fsp3) is 0.429. The predicted molar refractivity (Wildman–Crippen MR) is 81.9 cm³/mol. The van der Waals surface area contributed by atoms with Crippen LogP contribution in [0.4, 0.5) is 0 Å². The fourth-order valence-corrected chi connectivity index (χ4v) is 2.94. The summed E-state index contributed by atoms with van der Waals surface area (Å²) in [6.45, 7) is 2.78. The fourth-order valence-electron chi connectivity index (χ4n) is 2.61. The van der Waals surface area contributed by atoms with Crippen molar-refractivity contribution in [1.82, 2.24) is 19.6 Å². The van der Waals surface area contributed by atoms with Crippen LogP contribution in [0.25, 0.3) is 5.65 Å². The summed E-state index contributed by atoms with van der Waals surface area (Å²) in [6.07, 6.45) is 2.90.